The van der Waals surface area contributed by atoms with Crippen LogP contribution in [0.2, 0.25) is 0 Å². The number of hydrogen-bond acceptors (Lipinski definition) is 1. The minimum Gasteiger partial charge on any atom is -0.417 e. The zero-order chi connectivity index (χ0) is 10.3. The van der Waals surface area contributed by atoms with E-state index in [1.807, 2.05) is 12.3 Å². The van der Waals surface area contributed by atoms with Gasteiger partial charge in [-0.05, 0) is 11.5 Å². The largest absolute Gasteiger partial charge is 0.417 e. The Labute approximate surface area is 87.6 Å². The highest BCUT2D eigenvalue weighted by Crippen LogP contribution is 2.25. The average molecular weight is 197 g/mol. The maximum absolute atomic E-state index is 5.29. The Morgan fingerprint density at radius 2 is 1.73 bits per heavy atom. The van der Waals surface area contributed by atoms with Crippen LogP contribution in [0.5, 0.6) is 0 Å². The lowest BCUT2D eigenvalue weighted by molar-refractivity contribution is 0.180. The third kappa shape index (κ3) is 1.11. The van der Waals surface area contributed by atoms with Crippen molar-refractivity contribution in [3.8, 4) is 0 Å². The smallest absolute Gasteiger partial charge is 0.104 e. The number of benzene rings is 2. The molecule has 0 bridgehead atoms. The molecule has 0 aliphatic rings. The van der Waals surface area contributed by atoms with Gasteiger partial charge in [-0.2, -0.15) is 4.73 Å². The molecule has 1 aromatic heterocycles. The number of fused-ring (bicyclic) bond motifs is 3. The van der Waals surface area contributed by atoms with E-state index in [1.54, 1.807) is 11.8 Å². The molecular formula is C13H11NO. The lowest BCUT2D eigenvalue weighted by atomic mass is 10.1. The first kappa shape index (κ1) is 8.36. The summed E-state index contributed by atoms with van der Waals surface area (Å²) in [5, 5.41) is 3.67. The van der Waals surface area contributed by atoms with Crippen molar-refractivity contribution in [3.63, 3.8) is 0 Å². The molecule has 2 aromatic carbocycles. The molecule has 0 saturated heterocycles. The van der Waals surface area contributed by atoms with Crippen LogP contribution in [0.4, 0.5) is 0 Å². The van der Waals surface area contributed by atoms with Gasteiger partial charge in [0.15, 0.2) is 0 Å². The summed E-state index contributed by atoms with van der Waals surface area (Å²) in [6.07, 6.45) is 1.94. The van der Waals surface area contributed by atoms with Crippen molar-refractivity contribution in [1.29, 1.82) is 0 Å². The molecule has 0 radical (unpaired) electrons. The van der Waals surface area contributed by atoms with E-state index in [2.05, 4.69) is 36.4 Å². The number of rotatable bonds is 1. The van der Waals surface area contributed by atoms with Crippen LogP contribution < -0.4 is 4.84 Å². The zero-order valence-corrected chi connectivity index (χ0v) is 8.47. The van der Waals surface area contributed by atoms with Gasteiger partial charge in [0.1, 0.15) is 7.11 Å². The SMILES string of the molecule is COn1ccc2ccc3ccccc3c21. The predicted octanol–water partition coefficient (Wildman–Crippen LogP) is 2.85. The second-order valence-electron chi connectivity index (χ2n) is 3.55. The Kier molecular flexibility index (Phi) is 1.68. The van der Waals surface area contributed by atoms with Gasteiger partial charge < -0.3 is 4.84 Å². The van der Waals surface area contributed by atoms with Crippen LogP contribution in [0.3, 0.4) is 0 Å². The first-order chi connectivity index (χ1) is 7.40. The highest BCUT2D eigenvalue weighted by atomic mass is 16.6. The third-order valence-corrected chi connectivity index (χ3v) is 2.74. The molecule has 2 nitrogen and oxygen atoms in total. The molecule has 74 valence electrons. The molecule has 3 aromatic rings. The Bertz CT molecular complexity index is 625. The van der Waals surface area contributed by atoms with Crippen LogP contribution in [-0.4, -0.2) is 11.8 Å². The van der Waals surface area contributed by atoms with Gasteiger partial charge in [0.05, 0.1) is 5.52 Å². The maximum Gasteiger partial charge on any atom is 0.104 e. The van der Waals surface area contributed by atoms with Crippen molar-refractivity contribution in [2.45, 2.75) is 0 Å². The molecule has 0 N–H and O–H groups in total. The van der Waals surface area contributed by atoms with Crippen LogP contribution in [0, 0.1) is 0 Å². The van der Waals surface area contributed by atoms with Crippen LogP contribution in [-0.2, 0) is 0 Å². The second kappa shape index (κ2) is 3.02. The van der Waals surface area contributed by atoms with Gasteiger partial charge in [0.25, 0.3) is 0 Å². The van der Waals surface area contributed by atoms with Crippen LogP contribution in [0.25, 0.3) is 21.7 Å². The monoisotopic (exact) mass is 197 g/mol. The topological polar surface area (TPSA) is 14.2 Å². The molecule has 0 unspecified atom stereocenters. The molecule has 0 aliphatic heterocycles. The Hall–Kier alpha value is -1.96. The molecule has 0 fully saturated rings. The minimum absolute atomic E-state index is 1.13. The highest BCUT2D eigenvalue weighted by molar-refractivity contribution is 6.05. The van der Waals surface area contributed by atoms with E-state index in [1.165, 1.54) is 16.2 Å². The van der Waals surface area contributed by atoms with Gasteiger partial charge in [-0.15, -0.1) is 0 Å². The normalized spacial score (nSPS) is 11.0. The van der Waals surface area contributed by atoms with Crippen molar-refractivity contribution in [1.82, 2.24) is 4.73 Å². The summed E-state index contributed by atoms with van der Waals surface area (Å²) in [4.78, 5) is 5.29. The minimum atomic E-state index is 1.13. The van der Waals surface area contributed by atoms with E-state index in [0.717, 1.165) is 5.52 Å². The lowest BCUT2D eigenvalue weighted by Crippen LogP contribution is -2.02. The van der Waals surface area contributed by atoms with Crippen LogP contribution in [0.15, 0.2) is 48.7 Å². The van der Waals surface area contributed by atoms with Gasteiger partial charge >= 0.3 is 0 Å². The first-order valence-electron chi connectivity index (χ1n) is 4.93. The highest BCUT2D eigenvalue weighted by Gasteiger charge is 2.04. The van der Waals surface area contributed by atoms with Gasteiger partial charge in [-0.25, -0.2) is 0 Å². The number of hydrogen-bond donors (Lipinski definition) is 0. The Morgan fingerprint density at radius 3 is 2.60 bits per heavy atom. The molecule has 15 heavy (non-hydrogen) atoms. The van der Waals surface area contributed by atoms with Crippen LogP contribution >= 0.6 is 0 Å². The van der Waals surface area contributed by atoms with Gasteiger partial charge in [0, 0.05) is 17.0 Å². The summed E-state index contributed by atoms with van der Waals surface area (Å²) in [5.41, 5.74) is 1.13. The molecule has 1 heterocycles. The molecule has 3 rings (SSSR count). The molecule has 0 saturated carbocycles. The van der Waals surface area contributed by atoms with E-state index in [-0.39, 0.29) is 0 Å². The fourth-order valence-corrected chi connectivity index (χ4v) is 2.03. The predicted molar refractivity (Wildman–Crippen MR) is 61.9 cm³/mol. The van der Waals surface area contributed by atoms with Crippen molar-refractivity contribution >= 4 is 21.7 Å². The van der Waals surface area contributed by atoms with Gasteiger partial charge in [0.2, 0.25) is 0 Å². The third-order valence-electron chi connectivity index (χ3n) is 2.74. The Balaban J connectivity index is 2.56. The quantitative estimate of drug-likeness (QED) is 0.585. The number of nitrogens with zero attached hydrogens (tertiary/aromatic N) is 1. The van der Waals surface area contributed by atoms with Crippen molar-refractivity contribution in [3.05, 3.63) is 48.7 Å². The summed E-state index contributed by atoms with van der Waals surface area (Å²) in [6, 6.07) is 14.6. The van der Waals surface area contributed by atoms with E-state index in [0.29, 0.717) is 0 Å². The van der Waals surface area contributed by atoms with Crippen molar-refractivity contribution in [2.24, 2.45) is 0 Å². The van der Waals surface area contributed by atoms with E-state index in [4.69, 9.17) is 4.84 Å². The molecule has 2 heteroatoms. The molecular weight excluding hydrogens is 186 g/mol. The standard InChI is InChI=1S/C13H11NO/c1-15-14-9-8-11-7-6-10-4-2-3-5-12(10)13(11)14/h2-9H,1H3. The maximum atomic E-state index is 5.29. The fourth-order valence-electron chi connectivity index (χ4n) is 2.03. The number of aromatic nitrogens is 1. The second-order valence-corrected chi connectivity index (χ2v) is 3.55. The molecule has 0 spiro atoms. The van der Waals surface area contributed by atoms with E-state index >= 15 is 0 Å². The summed E-state index contributed by atoms with van der Waals surface area (Å²) in [6.45, 7) is 0. The zero-order valence-electron chi connectivity index (χ0n) is 8.47. The van der Waals surface area contributed by atoms with E-state index in [9.17, 15) is 0 Å². The fraction of sp³-hybridized carbons (Fsp3) is 0.0769. The van der Waals surface area contributed by atoms with Gasteiger partial charge in [-0.1, -0.05) is 36.4 Å². The Morgan fingerprint density at radius 1 is 0.933 bits per heavy atom. The summed E-state index contributed by atoms with van der Waals surface area (Å²) >= 11 is 0. The first-order valence-corrected chi connectivity index (χ1v) is 4.93. The average Bonchev–Trinajstić information content (AvgIpc) is 2.72. The van der Waals surface area contributed by atoms with Crippen LogP contribution in [0.1, 0.15) is 0 Å². The van der Waals surface area contributed by atoms with E-state index < -0.39 is 0 Å². The summed E-state index contributed by atoms with van der Waals surface area (Å²) in [7, 11) is 1.68. The molecule has 0 amide bonds. The molecule has 0 atom stereocenters. The summed E-state index contributed by atoms with van der Waals surface area (Å²) < 4.78 is 1.80. The van der Waals surface area contributed by atoms with Gasteiger partial charge in [-0.3, -0.25) is 0 Å². The lowest BCUT2D eigenvalue weighted by Gasteiger charge is -2.05. The molecule has 0 aliphatic carbocycles. The van der Waals surface area contributed by atoms with Crippen molar-refractivity contribution < 1.29 is 4.84 Å². The van der Waals surface area contributed by atoms with Crippen molar-refractivity contribution in [2.75, 3.05) is 7.11 Å². The summed E-state index contributed by atoms with van der Waals surface area (Å²) in [5.74, 6) is 0.